The Hall–Kier alpha value is -3.22. The molecule has 0 spiro atoms. The highest BCUT2D eigenvalue weighted by Crippen LogP contribution is 2.23. The van der Waals surface area contributed by atoms with Crippen LogP contribution < -0.4 is 5.69 Å². The fraction of sp³-hybridized carbons (Fsp3) is 0.348. The van der Waals surface area contributed by atoms with Gasteiger partial charge in [-0.3, -0.25) is 4.79 Å². The molecule has 4 rings (SSSR count). The number of aromatic nitrogens is 3. The Morgan fingerprint density at radius 1 is 1.13 bits per heavy atom. The lowest BCUT2D eigenvalue weighted by molar-refractivity contribution is -0.131. The van der Waals surface area contributed by atoms with Gasteiger partial charge < -0.3 is 4.90 Å². The van der Waals surface area contributed by atoms with Crippen molar-refractivity contribution in [1.82, 2.24) is 19.7 Å². The summed E-state index contributed by atoms with van der Waals surface area (Å²) in [7, 11) is 0. The lowest BCUT2D eigenvalue weighted by Gasteiger charge is -2.32. The average molecular weight is 408 g/mol. The number of H-pyrrole nitrogens is 1. The van der Waals surface area contributed by atoms with E-state index in [0.717, 1.165) is 35.5 Å². The number of amides is 1. The summed E-state index contributed by atoms with van der Waals surface area (Å²) in [4.78, 5) is 26.8. The van der Waals surface area contributed by atoms with Gasteiger partial charge in [0.05, 0.1) is 12.1 Å². The summed E-state index contributed by atoms with van der Waals surface area (Å²) in [5.74, 6) is 0.856. The van der Waals surface area contributed by atoms with Crippen molar-refractivity contribution < 1.29 is 9.18 Å². The average Bonchev–Trinajstić information content (AvgIpc) is 3.10. The normalized spacial score (nSPS) is 14.8. The molecule has 1 saturated heterocycles. The minimum atomic E-state index is -0.297. The Morgan fingerprint density at radius 2 is 1.83 bits per heavy atom. The highest BCUT2D eigenvalue weighted by atomic mass is 19.1. The zero-order valence-corrected chi connectivity index (χ0v) is 17.0. The van der Waals surface area contributed by atoms with Crippen LogP contribution in [0.5, 0.6) is 0 Å². The van der Waals surface area contributed by atoms with Crippen molar-refractivity contribution in [1.29, 1.82) is 0 Å². The van der Waals surface area contributed by atoms with E-state index in [4.69, 9.17) is 0 Å². The number of nitrogens with one attached hydrogen (secondary N) is 1. The maximum atomic E-state index is 13.0. The number of rotatable bonds is 5. The van der Waals surface area contributed by atoms with Crippen LogP contribution in [0, 0.1) is 18.7 Å². The first-order valence-corrected chi connectivity index (χ1v) is 10.3. The molecule has 0 atom stereocenters. The number of likely N-dealkylation sites (tertiary alicyclic amines) is 1. The second-order valence-corrected chi connectivity index (χ2v) is 7.90. The third-order valence-electron chi connectivity index (χ3n) is 5.81. The summed E-state index contributed by atoms with van der Waals surface area (Å²) >= 11 is 0. The van der Waals surface area contributed by atoms with Crippen molar-refractivity contribution in [3.63, 3.8) is 0 Å². The molecule has 2 aromatic carbocycles. The van der Waals surface area contributed by atoms with E-state index >= 15 is 0 Å². The van der Waals surface area contributed by atoms with Crippen LogP contribution in [0.4, 0.5) is 4.39 Å². The Labute approximate surface area is 174 Å². The SMILES string of the molecule is Cc1ccccc1-n1c(CC2CCN(C(=O)Cc3ccc(F)cc3)CC2)n[nH]c1=O. The van der Waals surface area contributed by atoms with Crippen LogP contribution in [-0.2, 0) is 17.6 Å². The number of aryl methyl sites for hydroxylation is 1. The summed E-state index contributed by atoms with van der Waals surface area (Å²) in [6.45, 7) is 3.34. The fourth-order valence-electron chi connectivity index (χ4n) is 4.06. The van der Waals surface area contributed by atoms with Gasteiger partial charge in [-0.05, 0) is 55.0 Å². The first-order chi connectivity index (χ1) is 14.5. The maximum absolute atomic E-state index is 13.0. The lowest BCUT2D eigenvalue weighted by Crippen LogP contribution is -2.40. The third-order valence-corrected chi connectivity index (χ3v) is 5.81. The van der Waals surface area contributed by atoms with Crippen LogP contribution in [0.2, 0.25) is 0 Å². The number of hydrogen-bond acceptors (Lipinski definition) is 3. The highest BCUT2D eigenvalue weighted by Gasteiger charge is 2.25. The van der Waals surface area contributed by atoms with Crippen LogP contribution >= 0.6 is 0 Å². The van der Waals surface area contributed by atoms with Gasteiger partial charge in [0.2, 0.25) is 5.91 Å². The van der Waals surface area contributed by atoms with E-state index in [0.29, 0.717) is 25.4 Å². The quantitative estimate of drug-likeness (QED) is 0.705. The molecule has 1 aromatic heterocycles. The zero-order chi connectivity index (χ0) is 21.1. The van der Waals surface area contributed by atoms with Gasteiger partial charge in [0, 0.05) is 19.5 Å². The van der Waals surface area contributed by atoms with E-state index < -0.39 is 0 Å². The van der Waals surface area contributed by atoms with Crippen LogP contribution in [0.15, 0.2) is 53.3 Å². The molecule has 30 heavy (non-hydrogen) atoms. The largest absolute Gasteiger partial charge is 0.347 e. The molecular weight excluding hydrogens is 383 g/mol. The molecule has 1 amide bonds. The molecule has 1 fully saturated rings. The summed E-state index contributed by atoms with van der Waals surface area (Å²) < 4.78 is 14.7. The minimum absolute atomic E-state index is 0.0663. The van der Waals surface area contributed by atoms with Gasteiger partial charge in [-0.25, -0.2) is 18.9 Å². The second kappa shape index (κ2) is 8.65. The van der Waals surface area contributed by atoms with Gasteiger partial charge in [0.25, 0.3) is 0 Å². The van der Waals surface area contributed by atoms with Crippen molar-refractivity contribution in [2.24, 2.45) is 5.92 Å². The molecule has 0 bridgehead atoms. The Bertz CT molecular complexity index is 1080. The third kappa shape index (κ3) is 4.35. The number of halogens is 1. The van der Waals surface area contributed by atoms with Crippen molar-refractivity contribution in [2.45, 2.75) is 32.6 Å². The number of aromatic amines is 1. The summed E-state index contributed by atoms with van der Waals surface area (Å²) in [6.07, 6.45) is 2.71. The molecule has 0 unspecified atom stereocenters. The van der Waals surface area contributed by atoms with Gasteiger partial charge in [0.15, 0.2) is 0 Å². The number of hydrogen-bond donors (Lipinski definition) is 1. The van der Waals surface area contributed by atoms with E-state index in [2.05, 4.69) is 10.2 Å². The van der Waals surface area contributed by atoms with E-state index in [1.54, 1.807) is 16.7 Å². The molecule has 0 aliphatic carbocycles. The molecule has 0 radical (unpaired) electrons. The summed E-state index contributed by atoms with van der Waals surface area (Å²) in [6, 6.07) is 13.8. The standard InChI is InChI=1S/C23H25FN4O2/c1-16-4-2-3-5-20(16)28-21(25-26-23(28)30)14-18-10-12-27(13-11-18)22(29)15-17-6-8-19(24)9-7-17/h2-9,18H,10-15H2,1H3,(H,26,30). The van der Waals surface area contributed by atoms with Crippen LogP contribution in [0.25, 0.3) is 5.69 Å². The number of benzene rings is 2. The molecule has 2 heterocycles. The van der Waals surface area contributed by atoms with Gasteiger partial charge in [-0.1, -0.05) is 30.3 Å². The Kier molecular flexibility index (Phi) is 5.79. The van der Waals surface area contributed by atoms with Crippen LogP contribution in [-0.4, -0.2) is 38.7 Å². The van der Waals surface area contributed by atoms with E-state index in [1.807, 2.05) is 36.1 Å². The number of carbonyl (C=O) groups excluding carboxylic acids is 1. The molecule has 0 saturated carbocycles. The first kappa shape index (κ1) is 20.1. The predicted octanol–water partition coefficient (Wildman–Crippen LogP) is 3.03. The molecule has 156 valence electrons. The molecule has 1 N–H and O–H groups in total. The predicted molar refractivity (Wildman–Crippen MR) is 112 cm³/mol. The smallest absolute Gasteiger partial charge is 0.342 e. The minimum Gasteiger partial charge on any atom is -0.342 e. The van der Waals surface area contributed by atoms with Crippen molar-refractivity contribution in [3.05, 3.63) is 81.8 Å². The fourth-order valence-corrected chi connectivity index (χ4v) is 4.06. The monoisotopic (exact) mass is 408 g/mol. The van der Waals surface area contributed by atoms with E-state index in [9.17, 15) is 14.0 Å². The lowest BCUT2D eigenvalue weighted by atomic mass is 9.92. The Morgan fingerprint density at radius 3 is 2.53 bits per heavy atom. The van der Waals surface area contributed by atoms with E-state index in [-0.39, 0.29) is 23.8 Å². The molecule has 1 aliphatic heterocycles. The molecule has 1 aliphatic rings. The zero-order valence-electron chi connectivity index (χ0n) is 17.0. The highest BCUT2D eigenvalue weighted by molar-refractivity contribution is 5.78. The van der Waals surface area contributed by atoms with E-state index in [1.165, 1.54) is 12.1 Å². The van der Waals surface area contributed by atoms with Crippen molar-refractivity contribution >= 4 is 5.91 Å². The number of piperidine rings is 1. The summed E-state index contributed by atoms with van der Waals surface area (Å²) in [5, 5.41) is 6.84. The first-order valence-electron chi connectivity index (χ1n) is 10.3. The number of nitrogens with zero attached hydrogens (tertiary/aromatic N) is 3. The maximum Gasteiger partial charge on any atom is 0.347 e. The molecular formula is C23H25FN4O2. The number of para-hydroxylation sites is 1. The van der Waals surface area contributed by atoms with Gasteiger partial charge in [-0.2, -0.15) is 5.10 Å². The molecule has 6 nitrogen and oxygen atoms in total. The second-order valence-electron chi connectivity index (χ2n) is 7.90. The topological polar surface area (TPSA) is 71.0 Å². The van der Waals surface area contributed by atoms with Crippen molar-refractivity contribution in [3.8, 4) is 5.69 Å². The number of carbonyl (C=O) groups is 1. The Balaban J connectivity index is 1.38. The molecule has 7 heteroatoms. The van der Waals surface area contributed by atoms with Crippen molar-refractivity contribution in [2.75, 3.05) is 13.1 Å². The van der Waals surface area contributed by atoms with Crippen LogP contribution in [0.3, 0.4) is 0 Å². The van der Waals surface area contributed by atoms with Gasteiger partial charge >= 0.3 is 5.69 Å². The van der Waals surface area contributed by atoms with Gasteiger partial charge in [-0.15, -0.1) is 0 Å². The van der Waals surface area contributed by atoms with Gasteiger partial charge in [0.1, 0.15) is 11.6 Å². The molecule has 3 aromatic rings. The van der Waals surface area contributed by atoms with Crippen LogP contribution in [0.1, 0.15) is 29.8 Å². The summed E-state index contributed by atoms with van der Waals surface area (Å²) in [5.41, 5.74) is 2.45.